The molecule has 0 spiro atoms. The third-order valence-corrected chi connectivity index (χ3v) is 5.12. The lowest BCUT2D eigenvalue weighted by molar-refractivity contribution is 0.129. The van der Waals surface area contributed by atoms with Gasteiger partial charge in [0, 0.05) is 40.9 Å². The van der Waals surface area contributed by atoms with Crippen LogP contribution in [0, 0.1) is 5.92 Å². The fourth-order valence-electron chi connectivity index (χ4n) is 3.89. The lowest BCUT2D eigenvalue weighted by Crippen LogP contribution is -2.36. The van der Waals surface area contributed by atoms with E-state index >= 15 is 0 Å². The van der Waals surface area contributed by atoms with E-state index in [2.05, 4.69) is 20.9 Å². The van der Waals surface area contributed by atoms with Crippen molar-refractivity contribution in [3.63, 3.8) is 0 Å². The van der Waals surface area contributed by atoms with Gasteiger partial charge in [0.25, 0.3) is 0 Å². The number of carbonyl (C=O) groups excluding carboxylic acids is 1. The Bertz CT molecular complexity index is 995. The van der Waals surface area contributed by atoms with Crippen molar-refractivity contribution in [2.24, 2.45) is 5.92 Å². The highest BCUT2D eigenvalue weighted by molar-refractivity contribution is 5.89. The molecule has 1 amide bonds. The number of nitrogens with one attached hydrogen (secondary N) is 1. The summed E-state index contributed by atoms with van der Waals surface area (Å²) in [6.07, 6.45) is 3.02. The molecule has 1 aromatic carbocycles. The van der Waals surface area contributed by atoms with Crippen LogP contribution in [0.4, 0.5) is 10.5 Å². The molecule has 2 heterocycles. The fourth-order valence-corrected chi connectivity index (χ4v) is 3.89. The van der Waals surface area contributed by atoms with Gasteiger partial charge in [-0.25, -0.2) is 4.79 Å². The van der Waals surface area contributed by atoms with Crippen molar-refractivity contribution in [1.82, 2.24) is 14.9 Å². The van der Waals surface area contributed by atoms with Crippen LogP contribution >= 0.6 is 0 Å². The van der Waals surface area contributed by atoms with Crippen molar-refractivity contribution >= 4 is 22.7 Å². The summed E-state index contributed by atoms with van der Waals surface area (Å²) < 4.78 is 7.59. The number of nitrogens with two attached hydrogens (primary N) is 1. The van der Waals surface area contributed by atoms with E-state index in [1.54, 1.807) is 0 Å². The van der Waals surface area contributed by atoms with Crippen LogP contribution in [0.25, 0.3) is 10.9 Å². The molecule has 0 unspecified atom stereocenters. The highest BCUT2D eigenvalue weighted by atomic mass is 16.5. The predicted octanol–water partition coefficient (Wildman–Crippen LogP) is 3.52. The van der Waals surface area contributed by atoms with Crippen LogP contribution in [0.3, 0.4) is 0 Å². The Balaban J connectivity index is 1.61. The molecule has 0 fully saturated rings. The molecule has 6 nitrogen and oxygen atoms in total. The van der Waals surface area contributed by atoms with Crippen molar-refractivity contribution in [2.45, 2.75) is 39.3 Å². The molecule has 0 radical (unpaired) electrons. The Kier molecular flexibility index (Phi) is 4.94. The summed E-state index contributed by atoms with van der Waals surface area (Å²) in [5.41, 5.74) is 11.5. The summed E-state index contributed by atoms with van der Waals surface area (Å²) in [6.45, 7) is 5.17. The highest BCUT2D eigenvalue weighted by Gasteiger charge is 2.30. The maximum Gasteiger partial charge on any atom is 0.407 e. The van der Waals surface area contributed by atoms with Crippen LogP contribution in [0.5, 0.6) is 0 Å². The number of nitrogens with zero attached hydrogens (tertiary/aromatic N) is 2. The first kappa shape index (κ1) is 18.3. The molecule has 3 aromatic rings. The number of hydrogen-bond donors (Lipinski definition) is 2. The van der Waals surface area contributed by atoms with Gasteiger partial charge in [-0.3, -0.25) is 4.98 Å². The van der Waals surface area contributed by atoms with Crippen LogP contribution in [0.15, 0.2) is 42.6 Å². The Labute approximate surface area is 164 Å². The Hall–Kier alpha value is -3.02. The molecule has 0 bridgehead atoms. The van der Waals surface area contributed by atoms with E-state index in [4.69, 9.17) is 10.5 Å². The van der Waals surface area contributed by atoms with E-state index in [9.17, 15) is 4.79 Å². The second-order valence-electron chi connectivity index (χ2n) is 7.85. The molecule has 0 saturated heterocycles. The summed E-state index contributed by atoms with van der Waals surface area (Å²) in [6, 6.07) is 12.0. The number of pyridine rings is 1. The number of nitrogen functional groups attached to an aromatic ring is 1. The van der Waals surface area contributed by atoms with Gasteiger partial charge in [0.1, 0.15) is 0 Å². The second kappa shape index (κ2) is 7.54. The zero-order valence-corrected chi connectivity index (χ0v) is 16.3. The minimum atomic E-state index is -0.344. The number of hydrogen-bond acceptors (Lipinski definition) is 4. The number of ether oxygens (including phenoxy) is 1. The van der Waals surface area contributed by atoms with Crippen molar-refractivity contribution < 1.29 is 9.53 Å². The topological polar surface area (TPSA) is 82.2 Å². The van der Waals surface area contributed by atoms with Gasteiger partial charge in [0.2, 0.25) is 0 Å². The number of carbonyl (C=O) groups is 1. The van der Waals surface area contributed by atoms with E-state index < -0.39 is 0 Å². The van der Waals surface area contributed by atoms with E-state index in [0.29, 0.717) is 19.1 Å². The fraction of sp³-hybridized carbons (Fsp3) is 0.364. The molecule has 4 rings (SSSR count). The van der Waals surface area contributed by atoms with Crippen LogP contribution in [0.1, 0.15) is 30.8 Å². The number of rotatable bonds is 5. The van der Waals surface area contributed by atoms with Crippen molar-refractivity contribution in [3.05, 3.63) is 59.5 Å². The van der Waals surface area contributed by atoms with Gasteiger partial charge in [0.05, 0.1) is 18.8 Å². The maximum absolute atomic E-state index is 12.1. The SMILES string of the molecule is CC(C)COC(=O)N[C@H]1Cc2c(n(Cc3ccccn3)c3ccc(N)cc23)C1. The smallest absolute Gasteiger partial charge is 0.407 e. The number of benzene rings is 1. The van der Waals surface area contributed by atoms with Crippen LogP contribution in [-0.4, -0.2) is 28.3 Å². The van der Waals surface area contributed by atoms with Crippen LogP contribution < -0.4 is 11.1 Å². The zero-order valence-electron chi connectivity index (χ0n) is 16.3. The average Bonchev–Trinajstić information content (AvgIpc) is 3.19. The molecule has 2 aromatic heterocycles. The summed E-state index contributed by atoms with van der Waals surface area (Å²) in [4.78, 5) is 16.6. The van der Waals surface area contributed by atoms with Gasteiger partial charge in [-0.15, -0.1) is 0 Å². The molecular formula is C22H26N4O2. The first-order valence-electron chi connectivity index (χ1n) is 9.74. The number of alkyl carbamates (subject to hydrolysis) is 1. The predicted molar refractivity (Wildman–Crippen MR) is 110 cm³/mol. The minimum Gasteiger partial charge on any atom is -0.449 e. The number of fused-ring (bicyclic) bond motifs is 3. The summed E-state index contributed by atoms with van der Waals surface area (Å²) in [7, 11) is 0. The lowest BCUT2D eigenvalue weighted by atomic mass is 10.1. The average molecular weight is 378 g/mol. The molecular weight excluding hydrogens is 352 g/mol. The zero-order chi connectivity index (χ0) is 19.7. The summed E-state index contributed by atoms with van der Waals surface area (Å²) in [5, 5.41) is 4.17. The number of anilines is 1. The monoisotopic (exact) mass is 378 g/mol. The largest absolute Gasteiger partial charge is 0.449 e. The van der Waals surface area contributed by atoms with E-state index in [1.165, 1.54) is 11.3 Å². The lowest BCUT2D eigenvalue weighted by Gasteiger charge is -2.15. The van der Waals surface area contributed by atoms with E-state index in [0.717, 1.165) is 35.1 Å². The molecule has 1 aliphatic carbocycles. The van der Waals surface area contributed by atoms with Gasteiger partial charge in [0.15, 0.2) is 0 Å². The number of aromatic nitrogens is 2. The van der Waals surface area contributed by atoms with Gasteiger partial charge < -0.3 is 20.4 Å². The Morgan fingerprint density at radius 2 is 2.18 bits per heavy atom. The molecule has 1 atom stereocenters. The quantitative estimate of drug-likeness (QED) is 0.666. The molecule has 3 N–H and O–H groups in total. The van der Waals surface area contributed by atoms with Gasteiger partial charge in [-0.05, 0) is 48.2 Å². The van der Waals surface area contributed by atoms with Gasteiger partial charge in [-0.1, -0.05) is 19.9 Å². The molecule has 28 heavy (non-hydrogen) atoms. The molecule has 6 heteroatoms. The van der Waals surface area contributed by atoms with E-state index in [-0.39, 0.29) is 12.1 Å². The Morgan fingerprint density at radius 1 is 1.32 bits per heavy atom. The van der Waals surface area contributed by atoms with Crippen LogP contribution in [0.2, 0.25) is 0 Å². The van der Waals surface area contributed by atoms with Crippen LogP contribution in [-0.2, 0) is 24.1 Å². The first-order valence-corrected chi connectivity index (χ1v) is 9.74. The summed E-state index contributed by atoms with van der Waals surface area (Å²) >= 11 is 0. The molecule has 146 valence electrons. The standard InChI is InChI=1S/C22H26N4O2/c1-14(2)13-28-22(27)25-17-10-19-18-9-15(23)6-7-20(18)26(21(19)11-17)12-16-5-3-4-8-24-16/h3-9,14,17H,10-13,23H2,1-2H3,(H,25,27)/t17-/m0/s1. The molecule has 1 aliphatic rings. The summed E-state index contributed by atoms with van der Waals surface area (Å²) in [5.74, 6) is 0.321. The van der Waals surface area contributed by atoms with Gasteiger partial charge >= 0.3 is 6.09 Å². The van der Waals surface area contributed by atoms with Crippen molar-refractivity contribution in [1.29, 1.82) is 0 Å². The normalized spacial score (nSPS) is 15.8. The third-order valence-electron chi connectivity index (χ3n) is 5.12. The highest BCUT2D eigenvalue weighted by Crippen LogP contribution is 2.35. The molecule has 0 saturated carbocycles. The first-order chi connectivity index (χ1) is 13.5. The maximum atomic E-state index is 12.1. The Morgan fingerprint density at radius 3 is 2.93 bits per heavy atom. The van der Waals surface area contributed by atoms with Gasteiger partial charge in [-0.2, -0.15) is 0 Å². The van der Waals surface area contributed by atoms with Crippen molar-refractivity contribution in [2.75, 3.05) is 12.3 Å². The molecule has 0 aliphatic heterocycles. The third kappa shape index (κ3) is 3.67. The van der Waals surface area contributed by atoms with E-state index in [1.807, 2.05) is 50.4 Å². The second-order valence-corrected chi connectivity index (χ2v) is 7.85. The van der Waals surface area contributed by atoms with Crippen molar-refractivity contribution in [3.8, 4) is 0 Å². The minimum absolute atomic E-state index is 0.0328. The number of amides is 1.